The fraction of sp³-hybridized carbons (Fsp3) is 0.357. The Hall–Kier alpha value is -1.08. The number of aliphatic hydroxyl groups excluding tert-OH is 1. The number of hydrogen-bond donors (Lipinski definition) is 1. The molecule has 0 bridgehead atoms. The molecule has 1 aromatic heterocycles. The van der Waals surface area contributed by atoms with Gasteiger partial charge in [-0.05, 0) is 24.3 Å². The highest BCUT2D eigenvalue weighted by Crippen LogP contribution is 2.28. The maximum absolute atomic E-state index is 12.8. The van der Waals surface area contributed by atoms with Crippen LogP contribution in [0.4, 0.5) is 4.39 Å². The molecule has 0 aliphatic heterocycles. The highest BCUT2D eigenvalue weighted by molar-refractivity contribution is 7.99. The van der Waals surface area contributed by atoms with Crippen molar-refractivity contribution in [2.45, 2.75) is 17.5 Å². The van der Waals surface area contributed by atoms with Gasteiger partial charge in [-0.2, -0.15) is 5.10 Å². The Kier molecular flexibility index (Phi) is 6.05. The highest BCUT2D eigenvalue weighted by atomic mass is 35.5. The molecule has 0 amide bonds. The van der Waals surface area contributed by atoms with E-state index in [-0.39, 0.29) is 5.82 Å². The van der Waals surface area contributed by atoms with Crippen molar-refractivity contribution in [1.82, 2.24) is 9.78 Å². The van der Waals surface area contributed by atoms with Crippen molar-refractivity contribution >= 4 is 23.4 Å². The highest BCUT2D eigenvalue weighted by Gasteiger charge is 2.18. The molecular weight excluding hydrogens is 315 g/mol. The van der Waals surface area contributed by atoms with Gasteiger partial charge in [0.25, 0.3) is 0 Å². The van der Waals surface area contributed by atoms with Crippen molar-refractivity contribution in [2.24, 2.45) is 0 Å². The molecule has 2 rings (SSSR count). The predicted molar refractivity (Wildman–Crippen MR) is 81.2 cm³/mol. The van der Waals surface area contributed by atoms with Crippen LogP contribution in [-0.2, 0) is 11.3 Å². The third-order valence-corrected chi connectivity index (χ3v) is 4.26. The third kappa shape index (κ3) is 4.44. The average molecular weight is 331 g/mol. The minimum absolute atomic E-state index is 0.277. The summed E-state index contributed by atoms with van der Waals surface area (Å²) >= 11 is 7.51. The van der Waals surface area contributed by atoms with E-state index in [1.807, 2.05) is 0 Å². The summed E-state index contributed by atoms with van der Waals surface area (Å²) in [5, 5.41) is 14.9. The lowest BCUT2D eigenvalue weighted by Crippen LogP contribution is -2.14. The Labute approximate surface area is 131 Å². The summed E-state index contributed by atoms with van der Waals surface area (Å²) in [4.78, 5) is 0.884. The van der Waals surface area contributed by atoms with Crippen LogP contribution in [0.1, 0.15) is 11.8 Å². The maximum Gasteiger partial charge on any atom is 0.123 e. The third-order valence-electron chi connectivity index (χ3n) is 2.88. The standard InChI is InChI=1S/C14H16ClFN2O2S/c1-20-7-6-18-14(12(15)8-17-18)13(19)9-21-11-4-2-10(16)3-5-11/h2-5,8,13,19H,6-7,9H2,1H3. The second-order valence-corrected chi connectivity index (χ2v) is 5.88. The van der Waals surface area contributed by atoms with Crippen LogP contribution in [0, 0.1) is 5.82 Å². The molecule has 114 valence electrons. The van der Waals surface area contributed by atoms with Crippen molar-refractivity contribution in [2.75, 3.05) is 19.5 Å². The fourth-order valence-electron chi connectivity index (χ4n) is 1.84. The van der Waals surface area contributed by atoms with Crippen LogP contribution < -0.4 is 0 Å². The van der Waals surface area contributed by atoms with Crippen molar-refractivity contribution in [3.05, 3.63) is 47.0 Å². The second kappa shape index (κ2) is 7.79. The number of hydrogen-bond acceptors (Lipinski definition) is 4. The number of methoxy groups -OCH3 is 1. The van der Waals surface area contributed by atoms with E-state index in [2.05, 4.69) is 5.10 Å². The van der Waals surface area contributed by atoms with Crippen molar-refractivity contribution in [1.29, 1.82) is 0 Å². The van der Waals surface area contributed by atoms with E-state index in [0.29, 0.717) is 29.6 Å². The van der Waals surface area contributed by atoms with Gasteiger partial charge in [0.15, 0.2) is 0 Å². The summed E-state index contributed by atoms with van der Waals surface area (Å²) in [5.41, 5.74) is 0.573. The molecule has 1 unspecified atom stereocenters. The normalized spacial score (nSPS) is 12.6. The van der Waals surface area contributed by atoms with Crippen LogP contribution in [0.15, 0.2) is 35.4 Å². The van der Waals surface area contributed by atoms with E-state index >= 15 is 0 Å². The number of halogens is 2. The van der Waals surface area contributed by atoms with E-state index in [4.69, 9.17) is 16.3 Å². The summed E-state index contributed by atoms with van der Waals surface area (Å²) in [6.07, 6.45) is 0.755. The van der Waals surface area contributed by atoms with Gasteiger partial charge in [-0.25, -0.2) is 4.39 Å². The lowest BCUT2D eigenvalue weighted by Gasteiger charge is -2.13. The average Bonchev–Trinajstić information content (AvgIpc) is 2.85. The zero-order valence-electron chi connectivity index (χ0n) is 11.5. The van der Waals surface area contributed by atoms with Crippen LogP contribution in [-0.4, -0.2) is 34.4 Å². The summed E-state index contributed by atoms with van der Waals surface area (Å²) in [6, 6.07) is 6.14. The van der Waals surface area contributed by atoms with E-state index in [1.54, 1.807) is 23.9 Å². The van der Waals surface area contributed by atoms with Gasteiger partial charge in [-0.1, -0.05) is 11.6 Å². The number of benzene rings is 1. The molecule has 0 aliphatic carbocycles. The zero-order valence-corrected chi connectivity index (χ0v) is 13.1. The molecule has 0 spiro atoms. The van der Waals surface area contributed by atoms with E-state index in [9.17, 15) is 9.50 Å². The number of rotatable bonds is 7. The van der Waals surface area contributed by atoms with Crippen LogP contribution in [0.2, 0.25) is 5.02 Å². The van der Waals surface area contributed by atoms with Crippen LogP contribution >= 0.6 is 23.4 Å². The number of aromatic nitrogens is 2. The van der Waals surface area contributed by atoms with Gasteiger partial charge in [0.1, 0.15) is 11.9 Å². The predicted octanol–water partition coefficient (Wildman–Crippen LogP) is 3.15. The molecule has 0 fully saturated rings. The number of nitrogens with zero attached hydrogens (tertiary/aromatic N) is 2. The molecule has 1 heterocycles. The van der Waals surface area contributed by atoms with Gasteiger partial charge in [-0.3, -0.25) is 4.68 Å². The van der Waals surface area contributed by atoms with Crippen molar-refractivity contribution in [3.8, 4) is 0 Å². The topological polar surface area (TPSA) is 47.3 Å². The molecule has 0 saturated carbocycles. The monoisotopic (exact) mass is 330 g/mol. The van der Waals surface area contributed by atoms with Gasteiger partial charge in [0.2, 0.25) is 0 Å². The van der Waals surface area contributed by atoms with Crippen LogP contribution in [0.5, 0.6) is 0 Å². The lowest BCUT2D eigenvalue weighted by atomic mass is 10.3. The largest absolute Gasteiger partial charge is 0.386 e. The zero-order chi connectivity index (χ0) is 15.2. The second-order valence-electron chi connectivity index (χ2n) is 4.37. The first-order chi connectivity index (χ1) is 10.1. The number of ether oxygens (including phenoxy) is 1. The van der Waals surface area contributed by atoms with Gasteiger partial charge < -0.3 is 9.84 Å². The Morgan fingerprint density at radius 2 is 2.14 bits per heavy atom. The van der Waals surface area contributed by atoms with Crippen LogP contribution in [0.3, 0.4) is 0 Å². The lowest BCUT2D eigenvalue weighted by molar-refractivity contribution is 0.166. The quantitative estimate of drug-likeness (QED) is 0.792. The van der Waals surface area contributed by atoms with Gasteiger partial charge >= 0.3 is 0 Å². The van der Waals surface area contributed by atoms with Gasteiger partial charge in [-0.15, -0.1) is 11.8 Å². The summed E-state index contributed by atoms with van der Waals surface area (Å²) in [7, 11) is 1.60. The molecule has 4 nitrogen and oxygen atoms in total. The molecule has 7 heteroatoms. The maximum atomic E-state index is 12.8. The fourth-order valence-corrected chi connectivity index (χ4v) is 2.95. The first-order valence-electron chi connectivity index (χ1n) is 6.38. The Morgan fingerprint density at radius 3 is 2.81 bits per heavy atom. The summed E-state index contributed by atoms with van der Waals surface area (Å²) in [5.74, 6) is 0.130. The van der Waals surface area contributed by atoms with Crippen LogP contribution in [0.25, 0.3) is 0 Å². The molecule has 2 aromatic rings. The smallest absolute Gasteiger partial charge is 0.123 e. The molecule has 1 aromatic carbocycles. The van der Waals surface area contributed by atoms with Gasteiger partial charge in [0.05, 0.1) is 30.1 Å². The Bertz CT molecular complexity index is 577. The van der Waals surface area contributed by atoms with E-state index in [0.717, 1.165) is 4.90 Å². The molecule has 21 heavy (non-hydrogen) atoms. The number of aliphatic hydroxyl groups is 1. The van der Waals surface area contributed by atoms with Crippen molar-refractivity contribution < 1.29 is 14.2 Å². The van der Waals surface area contributed by atoms with Gasteiger partial charge in [0, 0.05) is 17.8 Å². The summed E-state index contributed by atoms with van der Waals surface area (Å²) in [6.45, 7) is 1.01. The summed E-state index contributed by atoms with van der Waals surface area (Å²) < 4.78 is 19.5. The van der Waals surface area contributed by atoms with Crippen molar-refractivity contribution in [3.63, 3.8) is 0 Å². The van der Waals surface area contributed by atoms with E-state index < -0.39 is 6.10 Å². The SMILES string of the molecule is COCCn1ncc(Cl)c1C(O)CSc1ccc(F)cc1. The Morgan fingerprint density at radius 1 is 1.43 bits per heavy atom. The molecule has 0 aliphatic rings. The molecule has 0 saturated heterocycles. The minimum Gasteiger partial charge on any atom is -0.386 e. The minimum atomic E-state index is -0.757. The number of thioether (sulfide) groups is 1. The Balaban J connectivity index is 2.01. The molecule has 1 N–H and O–H groups in total. The first kappa shape index (κ1) is 16.3. The molecular formula is C14H16ClFN2O2S. The van der Waals surface area contributed by atoms with E-state index in [1.165, 1.54) is 30.1 Å². The molecule has 0 radical (unpaired) electrons. The molecule has 1 atom stereocenters. The first-order valence-corrected chi connectivity index (χ1v) is 7.74.